The lowest BCUT2D eigenvalue weighted by molar-refractivity contribution is -0.143. The molecule has 3 amide bonds. The Morgan fingerprint density at radius 2 is 1.82 bits per heavy atom. The maximum atomic E-state index is 14.4. The van der Waals surface area contributed by atoms with E-state index in [0.29, 0.717) is 6.54 Å². The van der Waals surface area contributed by atoms with Gasteiger partial charge < -0.3 is 20.6 Å². The molecule has 3 saturated heterocycles. The van der Waals surface area contributed by atoms with Gasteiger partial charge in [0.1, 0.15) is 6.04 Å². The highest BCUT2D eigenvalue weighted by Gasteiger charge is 2.76. The molecule has 3 fully saturated rings. The zero-order valence-corrected chi connectivity index (χ0v) is 24.7. The molecular weight excluding hydrogens is 498 g/mol. The van der Waals surface area contributed by atoms with E-state index in [9.17, 15) is 19.5 Å². The number of fused-ring (bicyclic) bond motifs is 1. The van der Waals surface area contributed by atoms with Gasteiger partial charge in [0, 0.05) is 17.3 Å². The number of aliphatic hydroxyl groups excluding tert-OH is 1. The Balaban J connectivity index is 1.80. The van der Waals surface area contributed by atoms with Crippen molar-refractivity contribution in [1.29, 1.82) is 0 Å². The van der Waals surface area contributed by atoms with Crippen LogP contribution in [0.3, 0.4) is 0 Å². The van der Waals surface area contributed by atoms with Crippen LogP contribution >= 0.6 is 11.8 Å². The number of benzene rings is 1. The van der Waals surface area contributed by atoms with E-state index in [0.717, 1.165) is 24.8 Å². The summed E-state index contributed by atoms with van der Waals surface area (Å²) in [4.78, 5) is 43.9. The van der Waals surface area contributed by atoms with E-state index in [4.69, 9.17) is 0 Å². The van der Waals surface area contributed by atoms with Gasteiger partial charge in [-0.05, 0) is 50.0 Å². The molecule has 38 heavy (non-hydrogen) atoms. The summed E-state index contributed by atoms with van der Waals surface area (Å²) in [6.07, 6.45) is 2.37. The summed E-state index contributed by atoms with van der Waals surface area (Å²) in [5.41, 5.74) is 0.282. The van der Waals surface area contributed by atoms with E-state index in [2.05, 4.69) is 38.3 Å². The molecule has 4 rings (SSSR count). The van der Waals surface area contributed by atoms with E-state index in [1.807, 2.05) is 51.1 Å². The Morgan fingerprint density at radius 3 is 2.39 bits per heavy atom. The minimum atomic E-state index is -0.787. The predicted octanol–water partition coefficient (Wildman–Crippen LogP) is 3.91. The minimum absolute atomic E-state index is 0.000133. The smallest absolute Gasteiger partial charge is 0.244 e. The Hall–Kier alpha value is -2.06. The number of thioether (sulfide) groups is 1. The van der Waals surface area contributed by atoms with Gasteiger partial charge in [-0.2, -0.15) is 0 Å². The summed E-state index contributed by atoms with van der Waals surface area (Å²) in [5, 5.41) is 16.9. The topological polar surface area (TPSA) is 98.7 Å². The normalized spacial score (nSPS) is 31.3. The van der Waals surface area contributed by atoms with E-state index in [-0.39, 0.29) is 40.9 Å². The largest absolute Gasteiger partial charge is 0.394 e. The van der Waals surface area contributed by atoms with E-state index >= 15 is 0 Å². The fraction of sp³-hybridized carbons (Fsp3) is 0.700. The van der Waals surface area contributed by atoms with Gasteiger partial charge in [-0.3, -0.25) is 14.4 Å². The zero-order valence-electron chi connectivity index (χ0n) is 23.9. The lowest BCUT2D eigenvalue weighted by atomic mass is 9.65. The van der Waals surface area contributed by atoms with Gasteiger partial charge in [0.05, 0.1) is 29.2 Å². The first kappa shape index (κ1) is 28.9. The number of hydrogen-bond donors (Lipinski definition) is 3. The van der Waals surface area contributed by atoms with Crippen LogP contribution in [0.2, 0.25) is 0 Å². The van der Waals surface area contributed by atoms with Gasteiger partial charge in [-0.25, -0.2) is 0 Å². The summed E-state index contributed by atoms with van der Waals surface area (Å²) in [6.45, 7) is 14.9. The van der Waals surface area contributed by atoms with Crippen molar-refractivity contribution in [2.75, 3.05) is 13.2 Å². The van der Waals surface area contributed by atoms with Gasteiger partial charge in [0.15, 0.2) is 0 Å². The SMILES string of the molecule is CCCNC(=O)[C@@H]1[C@@H]2CC(C)C3(S2)C(C(=O)NC(C)(C)CC(C)(C)C)N([C@H](CO)c2ccccc2)C(=O)[C@H]13. The molecule has 0 aromatic heterocycles. The van der Waals surface area contributed by atoms with Crippen molar-refractivity contribution in [3.63, 3.8) is 0 Å². The highest BCUT2D eigenvalue weighted by Crippen LogP contribution is 2.69. The molecule has 3 unspecified atom stereocenters. The number of carbonyl (C=O) groups excluding carboxylic acids is 3. The predicted molar refractivity (Wildman–Crippen MR) is 151 cm³/mol. The molecule has 1 aromatic carbocycles. The van der Waals surface area contributed by atoms with Gasteiger partial charge in [-0.15, -0.1) is 11.8 Å². The molecule has 0 saturated carbocycles. The van der Waals surface area contributed by atoms with Crippen LogP contribution in [0, 0.1) is 23.2 Å². The molecule has 3 aliphatic heterocycles. The van der Waals surface area contributed by atoms with Crippen LogP contribution in [0.25, 0.3) is 0 Å². The molecule has 2 bridgehead atoms. The maximum Gasteiger partial charge on any atom is 0.244 e. The van der Waals surface area contributed by atoms with Crippen LogP contribution in [0.5, 0.6) is 0 Å². The van der Waals surface area contributed by atoms with Crippen LogP contribution in [0.15, 0.2) is 30.3 Å². The summed E-state index contributed by atoms with van der Waals surface area (Å²) < 4.78 is -0.722. The Kier molecular flexibility index (Phi) is 7.99. The zero-order chi connectivity index (χ0) is 28.0. The van der Waals surface area contributed by atoms with Crippen molar-refractivity contribution in [1.82, 2.24) is 15.5 Å². The third kappa shape index (κ3) is 4.99. The summed E-state index contributed by atoms with van der Waals surface area (Å²) in [6, 6.07) is 7.97. The van der Waals surface area contributed by atoms with Crippen molar-refractivity contribution >= 4 is 29.5 Å². The summed E-state index contributed by atoms with van der Waals surface area (Å²) >= 11 is 1.67. The average Bonchev–Trinajstić information content (AvgIpc) is 3.41. The minimum Gasteiger partial charge on any atom is -0.394 e. The molecule has 3 aliphatic rings. The number of rotatable bonds is 9. The van der Waals surface area contributed by atoms with Gasteiger partial charge >= 0.3 is 0 Å². The Labute approximate surface area is 231 Å². The second-order valence-corrected chi connectivity index (χ2v) is 14.9. The number of nitrogens with one attached hydrogen (secondary N) is 2. The van der Waals surface area contributed by atoms with Crippen LogP contribution < -0.4 is 10.6 Å². The third-order valence-corrected chi connectivity index (χ3v) is 10.5. The molecule has 1 aromatic rings. The van der Waals surface area contributed by atoms with E-state index < -0.39 is 34.2 Å². The monoisotopic (exact) mass is 543 g/mol. The number of amides is 3. The second-order valence-electron chi connectivity index (χ2n) is 13.3. The highest BCUT2D eigenvalue weighted by atomic mass is 32.2. The highest BCUT2D eigenvalue weighted by molar-refractivity contribution is 8.02. The molecule has 0 radical (unpaired) electrons. The van der Waals surface area contributed by atoms with Crippen LogP contribution in [-0.4, -0.2) is 62.5 Å². The third-order valence-electron chi connectivity index (χ3n) is 8.41. The summed E-state index contributed by atoms with van der Waals surface area (Å²) in [5.74, 6) is -1.49. The Bertz CT molecular complexity index is 1060. The van der Waals surface area contributed by atoms with E-state index in [1.165, 1.54) is 0 Å². The fourth-order valence-electron chi connectivity index (χ4n) is 7.56. The molecule has 3 heterocycles. The number of hydrogen-bond acceptors (Lipinski definition) is 5. The molecule has 8 heteroatoms. The second kappa shape index (κ2) is 10.5. The number of carbonyl (C=O) groups is 3. The number of aliphatic hydroxyl groups is 1. The molecule has 7 nitrogen and oxygen atoms in total. The van der Waals surface area contributed by atoms with Crippen LogP contribution in [-0.2, 0) is 14.4 Å². The van der Waals surface area contributed by atoms with Crippen molar-refractivity contribution in [2.45, 2.75) is 95.3 Å². The molecule has 3 N–H and O–H groups in total. The average molecular weight is 544 g/mol. The molecule has 210 valence electrons. The van der Waals surface area contributed by atoms with Gasteiger partial charge in [0.2, 0.25) is 17.7 Å². The lowest BCUT2D eigenvalue weighted by Gasteiger charge is -2.42. The first-order chi connectivity index (χ1) is 17.8. The molecule has 1 spiro atoms. The van der Waals surface area contributed by atoms with Gasteiger partial charge in [0.25, 0.3) is 0 Å². The van der Waals surface area contributed by atoms with Crippen molar-refractivity contribution in [2.24, 2.45) is 23.2 Å². The van der Waals surface area contributed by atoms with Crippen LogP contribution in [0.4, 0.5) is 0 Å². The van der Waals surface area contributed by atoms with Crippen LogP contribution in [0.1, 0.15) is 79.3 Å². The lowest BCUT2D eigenvalue weighted by Crippen LogP contribution is -2.60. The summed E-state index contributed by atoms with van der Waals surface area (Å²) in [7, 11) is 0. The first-order valence-corrected chi connectivity index (χ1v) is 14.9. The van der Waals surface area contributed by atoms with Crippen molar-refractivity contribution in [3.8, 4) is 0 Å². The first-order valence-electron chi connectivity index (χ1n) is 14.0. The fourth-order valence-corrected chi connectivity index (χ4v) is 9.97. The molecule has 0 aliphatic carbocycles. The van der Waals surface area contributed by atoms with Gasteiger partial charge in [-0.1, -0.05) is 65.0 Å². The van der Waals surface area contributed by atoms with E-state index in [1.54, 1.807) is 16.7 Å². The quantitative estimate of drug-likeness (QED) is 0.439. The maximum absolute atomic E-state index is 14.4. The van der Waals surface area contributed by atoms with Crippen molar-refractivity contribution < 1.29 is 19.5 Å². The Morgan fingerprint density at radius 1 is 1.16 bits per heavy atom. The molecular formula is C30H45N3O4S. The molecule has 7 atom stereocenters. The number of nitrogens with zero attached hydrogens (tertiary/aromatic N) is 1. The van der Waals surface area contributed by atoms with Crippen molar-refractivity contribution in [3.05, 3.63) is 35.9 Å². The number of likely N-dealkylation sites (tertiary alicyclic amines) is 1. The standard InChI is InChI=1S/C30H45N3O4S/c1-8-14-31-25(35)22-21-15-18(2)30(38-21)23(22)27(37)33(20(16-34)19-12-10-9-11-13-19)24(30)26(36)32-29(6,7)17-28(3,4)5/h9-13,18,20-24,34H,8,14-17H2,1-7H3,(H,31,35)(H,32,36)/t18?,20-,21+,22-,23+,24?,30?/m1/s1.